The maximum absolute atomic E-state index is 11.4. The molecule has 1 aliphatic rings. The summed E-state index contributed by atoms with van der Waals surface area (Å²) in [5.41, 5.74) is 0.375. The largest absolute Gasteiger partial charge is 0.478 e. The molecule has 0 saturated heterocycles. The van der Waals surface area contributed by atoms with Crippen LogP contribution in [0.4, 0.5) is 0 Å². The van der Waals surface area contributed by atoms with Crippen LogP contribution < -0.4 is 0 Å². The van der Waals surface area contributed by atoms with Gasteiger partial charge in [0.2, 0.25) is 0 Å². The lowest BCUT2D eigenvalue weighted by atomic mass is 10.0. The number of hydrogen-bond donors (Lipinski definition) is 1. The number of carbonyl (C=O) groups is 1. The second-order valence-corrected chi connectivity index (χ2v) is 5.55. The first kappa shape index (κ1) is 11.9. The van der Waals surface area contributed by atoms with Gasteiger partial charge in [-0.25, -0.2) is 13.2 Å². The third-order valence-electron chi connectivity index (χ3n) is 2.22. The molecule has 0 amide bonds. The molecule has 0 radical (unpaired) electrons. The molecule has 88 valence electrons. The van der Waals surface area contributed by atoms with Crippen molar-refractivity contribution in [2.75, 3.05) is 0 Å². The van der Waals surface area contributed by atoms with Gasteiger partial charge in [0, 0.05) is 16.0 Å². The molecule has 0 aliphatic carbocycles. The second kappa shape index (κ2) is 4.01. The fraction of sp³-hybridized carbons (Fsp3) is 0. The van der Waals surface area contributed by atoms with Gasteiger partial charge >= 0.3 is 5.97 Å². The highest BCUT2D eigenvalue weighted by Crippen LogP contribution is 2.32. The van der Waals surface area contributed by atoms with E-state index in [0.717, 1.165) is 10.8 Å². The lowest BCUT2D eigenvalue weighted by Crippen LogP contribution is -2.00. The summed E-state index contributed by atoms with van der Waals surface area (Å²) in [5, 5.41) is 11.0. The Labute approximate surface area is 103 Å². The molecule has 1 heterocycles. The van der Waals surface area contributed by atoms with Crippen LogP contribution in [0.2, 0.25) is 5.02 Å². The first-order valence-corrected chi connectivity index (χ1v) is 6.56. The minimum atomic E-state index is -3.60. The van der Waals surface area contributed by atoms with Gasteiger partial charge in [0.1, 0.15) is 0 Å². The quantitative estimate of drug-likeness (QED) is 0.893. The van der Waals surface area contributed by atoms with Crippen LogP contribution in [-0.2, 0) is 14.6 Å². The first-order chi connectivity index (χ1) is 7.89. The Kier molecular flexibility index (Phi) is 2.81. The summed E-state index contributed by atoms with van der Waals surface area (Å²) in [5.74, 6) is -1.28. The van der Waals surface area contributed by atoms with E-state index in [9.17, 15) is 13.2 Å². The Morgan fingerprint density at radius 1 is 1.24 bits per heavy atom. The minimum Gasteiger partial charge on any atom is -0.478 e. The van der Waals surface area contributed by atoms with Gasteiger partial charge in [-0.05, 0) is 17.7 Å². The summed E-state index contributed by atoms with van der Waals surface area (Å²) in [6, 6.07) is 6.38. The molecule has 0 spiro atoms. The number of carboxylic acids is 1. The van der Waals surface area contributed by atoms with Crippen molar-refractivity contribution in [2.45, 2.75) is 0 Å². The van der Waals surface area contributed by atoms with Crippen molar-refractivity contribution in [3.63, 3.8) is 0 Å². The van der Waals surface area contributed by atoms with Crippen LogP contribution in [-0.4, -0.2) is 19.5 Å². The molecule has 17 heavy (non-hydrogen) atoms. The van der Waals surface area contributed by atoms with Gasteiger partial charge in [0.15, 0.2) is 9.84 Å². The highest BCUT2D eigenvalue weighted by Gasteiger charge is 2.26. The van der Waals surface area contributed by atoms with E-state index in [2.05, 4.69) is 0 Å². The molecule has 0 unspecified atom stereocenters. The van der Waals surface area contributed by atoms with E-state index in [1.54, 1.807) is 18.2 Å². The molecule has 0 aromatic heterocycles. The summed E-state index contributed by atoms with van der Waals surface area (Å²) in [6.45, 7) is 0. The van der Waals surface area contributed by atoms with E-state index in [-0.39, 0.29) is 11.1 Å². The molecule has 6 heteroatoms. The number of hydrogen-bond acceptors (Lipinski definition) is 3. The number of benzene rings is 1. The van der Waals surface area contributed by atoms with E-state index in [4.69, 9.17) is 16.7 Å². The van der Waals surface area contributed by atoms with Crippen LogP contribution in [0, 0.1) is 0 Å². The summed E-state index contributed by atoms with van der Waals surface area (Å²) < 4.78 is 22.7. The van der Waals surface area contributed by atoms with E-state index >= 15 is 0 Å². The first-order valence-electron chi connectivity index (χ1n) is 4.57. The van der Waals surface area contributed by atoms with Crippen molar-refractivity contribution in [1.29, 1.82) is 0 Å². The lowest BCUT2D eigenvalue weighted by molar-refractivity contribution is -0.132. The number of carboxylic acid groups (broad SMARTS) is 1. The van der Waals surface area contributed by atoms with Crippen molar-refractivity contribution in [3.05, 3.63) is 51.2 Å². The topological polar surface area (TPSA) is 71.4 Å². The molecule has 1 aromatic rings. The van der Waals surface area contributed by atoms with Gasteiger partial charge in [0.25, 0.3) is 0 Å². The third kappa shape index (κ3) is 2.40. The normalized spacial score (nSPS) is 17.5. The molecule has 1 N–H and O–H groups in total. The van der Waals surface area contributed by atoms with Gasteiger partial charge in [-0.3, -0.25) is 0 Å². The monoisotopic (exact) mass is 270 g/mol. The molecule has 0 fully saturated rings. The smallest absolute Gasteiger partial charge is 0.337 e. The highest BCUT2D eigenvalue weighted by molar-refractivity contribution is 7.97. The van der Waals surface area contributed by atoms with Crippen molar-refractivity contribution in [2.24, 2.45) is 0 Å². The summed E-state index contributed by atoms with van der Waals surface area (Å²) in [7, 11) is -3.60. The zero-order valence-corrected chi connectivity index (χ0v) is 9.99. The Morgan fingerprint density at radius 3 is 2.53 bits per heavy atom. The van der Waals surface area contributed by atoms with Gasteiger partial charge in [0.05, 0.1) is 11.0 Å². The highest BCUT2D eigenvalue weighted by atomic mass is 35.5. The van der Waals surface area contributed by atoms with Gasteiger partial charge in [-0.2, -0.15) is 0 Å². The fourth-order valence-electron chi connectivity index (χ4n) is 1.53. The van der Waals surface area contributed by atoms with E-state index in [0.29, 0.717) is 10.6 Å². The molecule has 4 nitrogen and oxygen atoms in total. The minimum absolute atomic E-state index is 0.153. The van der Waals surface area contributed by atoms with Crippen LogP contribution in [0.25, 0.3) is 5.57 Å². The fourth-order valence-corrected chi connectivity index (χ4v) is 2.94. The van der Waals surface area contributed by atoms with Crippen LogP contribution >= 0.6 is 11.6 Å². The Balaban J connectivity index is 2.60. The van der Waals surface area contributed by atoms with E-state index in [1.165, 1.54) is 6.07 Å². The van der Waals surface area contributed by atoms with Crippen LogP contribution in [0.5, 0.6) is 0 Å². The number of rotatable bonds is 2. The second-order valence-electron chi connectivity index (χ2n) is 3.47. The van der Waals surface area contributed by atoms with E-state index < -0.39 is 15.8 Å². The molecule has 1 aliphatic heterocycles. The molecule has 0 atom stereocenters. The Hall–Kier alpha value is -1.59. The zero-order chi connectivity index (χ0) is 12.6. The molecule has 2 rings (SSSR count). The Bertz CT molecular complexity index is 656. The molecule has 1 aromatic carbocycles. The molecular weight excluding hydrogens is 264 g/mol. The predicted molar refractivity (Wildman–Crippen MR) is 64.1 cm³/mol. The number of sulfone groups is 1. The van der Waals surface area contributed by atoms with Gasteiger partial charge in [-0.1, -0.05) is 23.7 Å². The average molecular weight is 271 g/mol. The third-order valence-corrected chi connectivity index (χ3v) is 3.58. The van der Waals surface area contributed by atoms with E-state index in [1.807, 2.05) is 0 Å². The summed E-state index contributed by atoms with van der Waals surface area (Å²) in [6.07, 6.45) is 0. The van der Waals surface area contributed by atoms with Crippen LogP contribution in [0.1, 0.15) is 5.56 Å². The zero-order valence-electron chi connectivity index (χ0n) is 8.42. The standard InChI is InChI=1S/C11H7ClO4S/c12-8-3-1-2-7(4-8)9-5-17(15,16)6-10(9)11(13)14/h1-6H,(H,13,14). The molecule has 0 saturated carbocycles. The summed E-state index contributed by atoms with van der Waals surface area (Å²) >= 11 is 5.78. The van der Waals surface area contributed by atoms with Gasteiger partial charge < -0.3 is 5.11 Å². The maximum Gasteiger partial charge on any atom is 0.337 e. The van der Waals surface area contributed by atoms with Crippen molar-refractivity contribution in [3.8, 4) is 0 Å². The van der Waals surface area contributed by atoms with Crippen molar-refractivity contribution < 1.29 is 18.3 Å². The SMILES string of the molecule is O=C(O)C1=CS(=O)(=O)C=C1c1cccc(Cl)c1. The van der Waals surface area contributed by atoms with Crippen molar-refractivity contribution >= 4 is 33.0 Å². The van der Waals surface area contributed by atoms with Crippen molar-refractivity contribution in [1.82, 2.24) is 0 Å². The number of halogens is 1. The summed E-state index contributed by atoms with van der Waals surface area (Å²) in [4.78, 5) is 11.0. The lowest BCUT2D eigenvalue weighted by Gasteiger charge is -2.03. The molecular formula is C11H7ClO4S. The van der Waals surface area contributed by atoms with Crippen LogP contribution in [0.3, 0.4) is 0 Å². The average Bonchev–Trinajstić information content (AvgIpc) is 2.55. The van der Waals surface area contributed by atoms with Gasteiger partial charge in [-0.15, -0.1) is 0 Å². The van der Waals surface area contributed by atoms with Crippen LogP contribution in [0.15, 0.2) is 40.7 Å². The predicted octanol–water partition coefficient (Wildman–Crippen LogP) is 2.08. The number of aliphatic carboxylic acids is 1. The maximum atomic E-state index is 11.4. The molecule has 0 bridgehead atoms. The Morgan fingerprint density at radius 2 is 1.94 bits per heavy atom.